The molecule has 4 rings (SSSR count). The van der Waals surface area contributed by atoms with Gasteiger partial charge in [0.05, 0.1) is 30.0 Å². The van der Waals surface area contributed by atoms with E-state index >= 15 is 0 Å². The third kappa shape index (κ3) is 3.02. The molecule has 0 spiro atoms. The zero-order valence-corrected chi connectivity index (χ0v) is 17.2. The summed E-state index contributed by atoms with van der Waals surface area (Å²) in [5.41, 5.74) is -2.16. The molecule has 2 bridgehead atoms. The predicted molar refractivity (Wildman–Crippen MR) is 103 cm³/mol. The molecular formula is C20H18N2O10. The Morgan fingerprint density at radius 3 is 2.41 bits per heavy atom. The molecule has 2 saturated heterocycles. The summed E-state index contributed by atoms with van der Waals surface area (Å²) in [6.07, 6.45) is 0.507. The van der Waals surface area contributed by atoms with Crippen molar-refractivity contribution in [3.63, 3.8) is 0 Å². The number of benzene rings is 1. The van der Waals surface area contributed by atoms with Crippen LogP contribution in [0.2, 0.25) is 0 Å². The number of carbonyl (C=O) groups excluding carboxylic acids is 4. The van der Waals surface area contributed by atoms with Crippen LogP contribution in [0.1, 0.15) is 13.8 Å². The highest BCUT2D eigenvalue weighted by molar-refractivity contribution is 6.24. The van der Waals surface area contributed by atoms with Crippen LogP contribution >= 0.6 is 0 Å². The number of non-ortho nitro benzene ring substituents is 1. The number of carbonyl (C=O) groups is 4. The molecule has 12 heteroatoms. The van der Waals surface area contributed by atoms with E-state index in [-0.39, 0.29) is 17.1 Å². The first kappa shape index (κ1) is 21.4. The number of hydrogen-bond donors (Lipinski definition) is 0. The lowest BCUT2D eigenvalue weighted by Crippen LogP contribution is -2.52. The van der Waals surface area contributed by atoms with Gasteiger partial charge in [-0.2, -0.15) is 0 Å². The minimum absolute atomic E-state index is 0.0732. The van der Waals surface area contributed by atoms with Crippen molar-refractivity contribution in [1.29, 1.82) is 0 Å². The van der Waals surface area contributed by atoms with Crippen molar-refractivity contribution < 1.29 is 43.0 Å². The summed E-state index contributed by atoms with van der Waals surface area (Å²) in [4.78, 5) is 61.4. The summed E-state index contributed by atoms with van der Waals surface area (Å²) in [7, 11) is 1.30. The van der Waals surface area contributed by atoms with Gasteiger partial charge in [-0.25, -0.2) is 4.90 Å². The van der Waals surface area contributed by atoms with Gasteiger partial charge in [-0.15, -0.1) is 0 Å². The number of fused-ring (bicyclic) bond motifs is 5. The highest BCUT2D eigenvalue weighted by atomic mass is 16.7. The second kappa shape index (κ2) is 7.41. The molecule has 0 aliphatic carbocycles. The average molecular weight is 446 g/mol. The summed E-state index contributed by atoms with van der Waals surface area (Å²) in [5, 5.41) is 11.2. The zero-order chi connectivity index (χ0) is 23.4. The Morgan fingerprint density at radius 2 is 1.84 bits per heavy atom. The van der Waals surface area contributed by atoms with E-state index in [1.807, 2.05) is 0 Å². The Labute approximate surface area is 180 Å². The minimum atomic E-state index is -1.72. The fourth-order valence-corrected chi connectivity index (χ4v) is 4.42. The van der Waals surface area contributed by atoms with Crippen molar-refractivity contribution in [3.8, 4) is 5.75 Å². The maximum absolute atomic E-state index is 13.5. The van der Waals surface area contributed by atoms with Crippen LogP contribution in [-0.4, -0.2) is 53.8 Å². The number of amides is 2. The lowest BCUT2D eigenvalue weighted by atomic mass is 9.76. The monoisotopic (exact) mass is 446 g/mol. The SMILES string of the molecule is COc1ccc([N+](=O)[O-])cc1N1C(=O)[C@@H]2[C@@H]3C=C[C@@](C(OC(C)=O)OC(C)=O)(O3)[C@@H]2C1=O. The number of esters is 2. The zero-order valence-electron chi connectivity index (χ0n) is 17.2. The third-order valence-corrected chi connectivity index (χ3v) is 5.61. The molecule has 0 saturated carbocycles. The fourth-order valence-electron chi connectivity index (χ4n) is 4.42. The van der Waals surface area contributed by atoms with Crippen molar-refractivity contribution in [2.24, 2.45) is 11.8 Å². The molecule has 0 N–H and O–H groups in total. The van der Waals surface area contributed by atoms with E-state index in [1.165, 1.54) is 31.4 Å². The first-order valence-corrected chi connectivity index (χ1v) is 9.52. The van der Waals surface area contributed by atoms with Crippen LogP contribution in [0.15, 0.2) is 30.4 Å². The average Bonchev–Trinajstić information content (AvgIpc) is 3.37. The van der Waals surface area contributed by atoms with Crippen molar-refractivity contribution in [1.82, 2.24) is 0 Å². The van der Waals surface area contributed by atoms with Gasteiger partial charge in [0.25, 0.3) is 12.0 Å². The molecular weight excluding hydrogens is 428 g/mol. The molecule has 0 radical (unpaired) electrons. The molecule has 2 amide bonds. The van der Waals surface area contributed by atoms with E-state index in [2.05, 4.69) is 0 Å². The molecule has 3 aliphatic rings. The number of nitro benzene ring substituents is 1. The Hall–Kier alpha value is -3.80. The Balaban J connectivity index is 1.79. The number of ether oxygens (including phenoxy) is 4. The topological polar surface area (TPSA) is 152 Å². The summed E-state index contributed by atoms with van der Waals surface area (Å²) in [6.45, 7) is 2.19. The molecule has 0 unspecified atom stereocenters. The standard InChI is InChI=1S/C20H18N2O10/c1-9(23)30-19(31-10(2)24)20-7-6-14(32-20)15-16(20)18(26)21(17(15)25)12-8-11(22(27)28)4-5-13(12)29-3/h4-8,14-16,19H,1-3H3/t14-,15+,16-,20+/m0/s1. The molecule has 1 aromatic carbocycles. The van der Waals surface area contributed by atoms with Crippen LogP contribution in [0, 0.1) is 22.0 Å². The Bertz CT molecular complexity index is 1070. The van der Waals surface area contributed by atoms with Crippen molar-refractivity contribution in [2.75, 3.05) is 12.0 Å². The van der Waals surface area contributed by atoms with E-state index in [9.17, 15) is 29.3 Å². The van der Waals surface area contributed by atoms with Gasteiger partial charge in [0, 0.05) is 26.0 Å². The highest BCUT2D eigenvalue weighted by Gasteiger charge is 2.72. The van der Waals surface area contributed by atoms with Crippen LogP contribution in [-0.2, 0) is 33.4 Å². The Kier molecular flexibility index (Phi) is 4.96. The van der Waals surface area contributed by atoms with E-state index in [0.29, 0.717) is 0 Å². The van der Waals surface area contributed by atoms with Gasteiger partial charge in [0.2, 0.25) is 11.8 Å². The highest BCUT2D eigenvalue weighted by Crippen LogP contribution is 2.55. The van der Waals surface area contributed by atoms with E-state index in [4.69, 9.17) is 18.9 Å². The van der Waals surface area contributed by atoms with Crippen LogP contribution < -0.4 is 9.64 Å². The van der Waals surface area contributed by atoms with Gasteiger partial charge in [-0.3, -0.25) is 29.3 Å². The van der Waals surface area contributed by atoms with E-state index < -0.39 is 58.5 Å². The third-order valence-electron chi connectivity index (χ3n) is 5.61. The molecule has 2 fully saturated rings. The number of nitrogens with zero attached hydrogens (tertiary/aromatic N) is 2. The molecule has 1 aromatic rings. The number of hydrogen-bond acceptors (Lipinski definition) is 10. The van der Waals surface area contributed by atoms with Crippen molar-refractivity contribution in [2.45, 2.75) is 31.8 Å². The lowest BCUT2D eigenvalue weighted by molar-refractivity contribution is -0.384. The summed E-state index contributed by atoms with van der Waals surface area (Å²) < 4.78 is 21.3. The molecule has 3 aliphatic heterocycles. The maximum atomic E-state index is 13.5. The number of rotatable bonds is 6. The maximum Gasteiger partial charge on any atom is 0.305 e. The van der Waals surface area contributed by atoms with Gasteiger partial charge in [0.15, 0.2) is 5.60 Å². The fraction of sp³-hybridized carbons (Fsp3) is 0.400. The first-order chi connectivity index (χ1) is 15.1. The van der Waals surface area contributed by atoms with Crippen LogP contribution in [0.25, 0.3) is 0 Å². The van der Waals surface area contributed by atoms with Crippen LogP contribution in [0.3, 0.4) is 0 Å². The molecule has 0 aromatic heterocycles. The number of nitro groups is 1. The van der Waals surface area contributed by atoms with Crippen molar-refractivity contribution >= 4 is 35.1 Å². The first-order valence-electron chi connectivity index (χ1n) is 9.52. The number of anilines is 1. The molecule has 12 nitrogen and oxygen atoms in total. The van der Waals surface area contributed by atoms with Gasteiger partial charge in [0.1, 0.15) is 11.4 Å². The Morgan fingerprint density at radius 1 is 1.19 bits per heavy atom. The number of methoxy groups -OCH3 is 1. The molecule has 4 atom stereocenters. The normalized spacial score (nSPS) is 27.6. The minimum Gasteiger partial charge on any atom is -0.495 e. The van der Waals surface area contributed by atoms with E-state index in [1.54, 1.807) is 0 Å². The van der Waals surface area contributed by atoms with E-state index in [0.717, 1.165) is 24.8 Å². The smallest absolute Gasteiger partial charge is 0.305 e. The predicted octanol–water partition coefficient (Wildman–Crippen LogP) is 0.869. The molecule has 168 valence electrons. The lowest BCUT2D eigenvalue weighted by Gasteiger charge is -2.34. The summed E-state index contributed by atoms with van der Waals surface area (Å²) >= 11 is 0. The second-order valence-corrected chi connectivity index (χ2v) is 7.47. The summed E-state index contributed by atoms with van der Waals surface area (Å²) in [5.74, 6) is -5.13. The van der Waals surface area contributed by atoms with Crippen LogP contribution in [0.4, 0.5) is 11.4 Å². The molecule has 32 heavy (non-hydrogen) atoms. The van der Waals surface area contributed by atoms with Gasteiger partial charge in [-0.05, 0) is 12.1 Å². The number of imide groups is 1. The molecule has 3 heterocycles. The summed E-state index contributed by atoms with van der Waals surface area (Å²) in [6, 6.07) is 3.53. The van der Waals surface area contributed by atoms with Gasteiger partial charge >= 0.3 is 11.9 Å². The van der Waals surface area contributed by atoms with Gasteiger partial charge in [-0.1, -0.05) is 6.08 Å². The second-order valence-electron chi connectivity index (χ2n) is 7.47. The van der Waals surface area contributed by atoms with Crippen LogP contribution in [0.5, 0.6) is 5.75 Å². The van der Waals surface area contributed by atoms with Gasteiger partial charge < -0.3 is 18.9 Å². The largest absolute Gasteiger partial charge is 0.495 e. The quantitative estimate of drug-likeness (QED) is 0.154. The van der Waals surface area contributed by atoms with Crippen molar-refractivity contribution in [3.05, 3.63) is 40.5 Å².